The van der Waals surface area contributed by atoms with Gasteiger partial charge in [0.1, 0.15) is 0 Å². The van der Waals surface area contributed by atoms with Crippen LogP contribution in [-0.4, -0.2) is 66.1 Å². The predicted molar refractivity (Wildman–Crippen MR) is 157 cm³/mol. The van der Waals surface area contributed by atoms with Crippen LogP contribution < -0.4 is 5.32 Å². The molecule has 204 valence electrons. The van der Waals surface area contributed by atoms with Gasteiger partial charge in [0.15, 0.2) is 16.6 Å². The molecule has 1 fully saturated rings. The fraction of sp³-hybridized carbons (Fsp3) is 1.00. The second-order valence-electron chi connectivity index (χ2n) is 14.5. The minimum Gasteiger partial charge on any atom is -0.437 e. The van der Waals surface area contributed by atoms with E-state index in [1.165, 1.54) is 0 Å². The smallest absolute Gasteiger partial charge is 0.315 e. The molecule has 1 aliphatic heterocycles. The number of hydrogen-bond donors (Lipinski definition) is 1. The van der Waals surface area contributed by atoms with Gasteiger partial charge in [-0.05, 0) is 125 Å². The van der Waals surface area contributed by atoms with E-state index in [1.54, 1.807) is 0 Å². The van der Waals surface area contributed by atoms with Crippen LogP contribution in [0.2, 0.25) is 78.1 Å². The Balaban J connectivity index is 2.79. The second-order valence-corrected chi connectivity index (χ2v) is 34.5. The first-order valence-electron chi connectivity index (χ1n) is 13.0. The molecule has 0 aromatic heterocycles. The molecule has 1 unspecified atom stereocenters. The van der Waals surface area contributed by atoms with Crippen molar-refractivity contribution in [2.24, 2.45) is 0 Å². The van der Waals surface area contributed by atoms with Gasteiger partial charge in [0.25, 0.3) is 0 Å². The van der Waals surface area contributed by atoms with E-state index < -0.39 is 42.3 Å². The molecule has 0 amide bonds. The summed E-state index contributed by atoms with van der Waals surface area (Å²) >= 11 is 0. The average Bonchev–Trinajstić information content (AvgIpc) is 2.41. The lowest BCUT2D eigenvalue weighted by Gasteiger charge is -2.46. The van der Waals surface area contributed by atoms with Crippen LogP contribution in [-0.2, 0) is 21.2 Å². The molecule has 0 aromatic rings. The molecule has 1 heterocycles. The highest BCUT2D eigenvalue weighted by molar-refractivity contribution is 6.90. The number of ether oxygens (including phenoxy) is 1. The van der Waals surface area contributed by atoms with Crippen LogP contribution >= 0.6 is 0 Å². The Kier molecular flexibility index (Phi) is 10.9. The van der Waals surface area contributed by atoms with Crippen LogP contribution in [0.3, 0.4) is 0 Å². The first-order chi connectivity index (χ1) is 14.8. The monoisotopic (exact) mass is 567 g/mol. The maximum Gasteiger partial charge on any atom is 0.315 e. The van der Waals surface area contributed by atoms with Crippen LogP contribution in [0.1, 0.15) is 47.0 Å². The Hall–Kier alpha value is 0.844. The standard InChI is InChI=1S/C23H57NO5Si5/c1-22(2)19-21(20-23(3,4)24-22)25-17-16-18-34(15,27-31(8,9)10)29-33(13,14)28-32(11,12)26-30(5,6)7/h21,24H,16-20H2,1-15H3. The molecule has 0 aliphatic carbocycles. The maximum atomic E-state index is 6.88. The van der Waals surface area contributed by atoms with Gasteiger partial charge in [-0.15, -0.1) is 0 Å². The highest BCUT2D eigenvalue weighted by atomic mass is 28.5. The van der Waals surface area contributed by atoms with E-state index >= 15 is 0 Å². The zero-order valence-corrected chi connectivity index (χ0v) is 30.2. The molecule has 1 N–H and O–H groups in total. The summed E-state index contributed by atoms with van der Waals surface area (Å²) in [6.07, 6.45) is 3.32. The zero-order valence-electron chi connectivity index (χ0n) is 25.2. The minimum absolute atomic E-state index is 0.0986. The minimum atomic E-state index is -2.44. The van der Waals surface area contributed by atoms with Gasteiger partial charge in [-0.3, -0.25) is 0 Å². The lowest BCUT2D eigenvalue weighted by atomic mass is 9.81. The summed E-state index contributed by atoms with van der Waals surface area (Å²) in [7, 11) is -10.6. The SMILES string of the molecule is CC1(C)CC(OCCC[Si](C)(O[Si](C)(C)C)O[Si](C)(C)O[Si](C)(C)O[Si](C)(C)C)CC(C)(C)N1. The van der Waals surface area contributed by atoms with E-state index in [0.717, 1.165) is 31.9 Å². The quantitative estimate of drug-likeness (QED) is 0.193. The molecule has 11 heteroatoms. The van der Waals surface area contributed by atoms with Crippen LogP contribution in [0.4, 0.5) is 0 Å². The Bertz CT molecular complexity index is 645. The molecule has 0 aromatic carbocycles. The van der Waals surface area contributed by atoms with Crippen LogP contribution in [0.5, 0.6) is 0 Å². The van der Waals surface area contributed by atoms with Crippen molar-refractivity contribution in [1.82, 2.24) is 5.32 Å². The Morgan fingerprint density at radius 3 is 1.53 bits per heavy atom. The largest absolute Gasteiger partial charge is 0.437 e. The van der Waals surface area contributed by atoms with Crippen LogP contribution in [0, 0.1) is 0 Å². The zero-order chi connectivity index (χ0) is 26.9. The van der Waals surface area contributed by atoms with E-state index in [1.807, 2.05) is 0 Å². The number of nitrogens with one attached hydrogen (secondary N) is 1. The lowest BCUT2D eigenvalue weighted by molar-refractivity contribution is -0.0217. The summed E-state index contributed by atoms with van der Waals surface area (Å²) < 4.78 is 33.1. The molecular weight excluding hydrogens is 511 g/mol. The average molecular weight is 568 g/mol. The molecule has 0 spiro atoms. The molecule has 1 aliphatic rings. The highest BCUT2D eigenvalue weighted by Crippen LogP contribution is 2.32. The number of hydrogen-bond acceptors (Lipinski definition) is 6. The third kappa shape index (κ3) is 14.0. The summed E-state index contributed by atoms with van der Waals surface area (Å²) in [5, 5.41) is 3.74. The number of rotatable bonds is 13. The Labute approximate surface area is 217 Å². The van der Waals surface area contributed by atoms with Gasteiger partial charge in [-0.25, -0.2) is 0 Å². The van der Waals surface area contributed by atoms with Crippen molar-refractivity contribution in [3.63, 3.8) is 0 Å². The van der Waals surface area contributed by atoms with Crippen molar-refractivity contribution in [2.75, 3.05) is 6.61 Å². The van der Waals surface area contributed by atoms with Gasteiger partial charge in [0.2, 0.25) is 0 Å². The van der Waals surface area contributed by atoms with E-state index in [0.29, 0.717) is 0 Å². The molecule has 1 rings (SSSR count). The summed E-state index contributed by atoms with van der Waals surface area (Å²) in [6.45, 7) is 34.1. The lowest BCUT2D eigenvalue weighted by Crippen LogP contribution is -2.59. The normalized spacial score (nSPS) is 22.0. The molecule has 1 saturated heterocycles. The van der Waals surface area contributed by atoms with Gasteiger partial charge in [-0.2, -0.15) is 0 Å². The second kappa shape index (κ2) is 11.3. The van der Waals surface area contributed by atoms with E-state index in [4.69, 9.17) is 21.2 Å². The van der Waals surface area contributed by atoms with E-state index in [-0.39, 0.29) is 17.2 Å². The highest BCUT2D eigenvalue weighted by Gasteiger charge is 2.46. The topological polar surface area (TPSA) is 58.2 Å². The molecule has 0 saturated carbocycles. The summed E-state index contributed by atoms with van der Waals surface area (Å²) in [5.74, 6) is 0. The molecule has 1 atom stereocenters. The van der Waals surface area contributed by atoms with Crippen molar-refractivity contribution in [3.05, 3.63) is 0 Å². The van der Waals surface area contributed by atoms with Crippen LogP contribution in [0.15, 0.2) is 0 Å². The van der Waals surface area contributed by atoms with Gasteiger partial charge >= 0.3 is 25.7 Å². The third-order valence-corrected chi connectivity index (χ3v) is 22.8. The predicted octanol–water partition coefficient (Wildman–Crippen LogP) is 6.91. The molecule has 0 bridgehead atoms. The first-order valence-corrected chi connectivity index (χ1v) is 28.0. The molecule has 0 radical (unpaired) electrons. The molecule has 6 nitrogen and oxygen atoms in total. The van der Waals surface area contributed by atoms with Crippen molar-refractivity contribution in [2.45, 2.75) is 142 Å². The van der Waals surface area contributed by atoms with Crippen LogP contribution in [0.25, 0.3) is 0 Å². The fourth-order valence-electron chi connectivity index (χ4n) is 5.65. The van der Waals surface area contributed by atoms with E-state index in [9.17, 15) is 0 Å². The van der Waals surface area contributed by atoms with Crippen molar-refractivity contribution in [3.8, 4) is 0 Å². The summed E-state index contributed by atoms with van der Waals surface area (Å²) in [4.78, 5) is 0. The van der Waals surface area contributed by atoms with Gasteiger partial charge in [0.05, 0.1) is 6.10 Å². The van der Waals surface area contributed by atoms with Gasteiger partial charge in [-0.1, -0.05) is 0 Å². The molecule has 34 heavy (non-hydrogen) atoms. The van der Waals surface area contributed by atoms with Gasteiger partial charge in [0, 0.05) is 17.7 Å². The Morgan fingerprint density at radius 2 is 1.09 bits per heavy atom. The fourth-order valence-corrected chi connectivity index (χ4v) is 28.9. The first kappa shape index (κ1) is 32.9. The van der Waals surface area contributed by atoms with E-state index in [2.05, 4.69) is 105 Å². The van der Waals surface area contributed by atoms with Crippen molar-refractivity contribution >= 4 is 42.3 Å². The summed E-state index contributed by atoms with van der Waals surface area (Å²) in [6, 6.07) is 0.922. The molecular formula is C23H57NO5Si5. The summed E-state index contributed by atoms with van der Waals surface area (Å²) in [5.41, 5.74) is 0.197. The van der Waals surface area contributed by atoms with Crippen molar-refractivity contribution < 1.29 is 21.2 Å². The number of piperidine rings is 1. The third-order valence-electron chi connectivity index (χ3n) is 5.31. The Morgan fingerprint density at radius 1 is 0.647 bits per heavy atom. The van der Waals surface area contributed by atoms with Crippen molar-refractivity contribution in [1.29, 1.82) is 0 Å². The van der Waals surface area contributed by atoms with Gasteiger partial charge < -0.3 is 26.5 Å². The maximum absolute atomic E-state index is 6.88.